The van der Waals surface area contributed by atoms with Gasteiger partial charge in [-0.25, -0.2) is 0 Å². The third-order valence-electron chi connectivity index (χ3n) is 4.67. The molecule has 3 atom stereocenters. The van der Waals surface area contributed by atoms with E-state index in [0.717, 1.165) is 19.3 Å². The number of rotatable bonds is 4. The fourth-order valence-electron chi connectivity index (χ4n) is 3.60. The van der Waals surface area contributed by atoms with Crippen molar-refractivity contribution in [2.45, 2.75) is 59.5 Å². The first-order chi connectivity index (χ1) is 7.98. The van der Waals surface area contributed by atoms with Gasteiger partial charge in [0, 0.05) is 18.3 Å². The van der Waals surface area contributed by atoms with Crippen LogP contribution in [0, 0.1) is 17.3 Å². The van der Waals surface area contributed by atoms with Crippen LogP contribution >= 0.6 is 0 Å². The van der Waals surface area contributed by atoms with Crippen LogP contribution in [0.3, 0.4) is 0 Å². The Labute approximate surface area is 104 Å². The molecule has 0 spiro atoms. The average molecular weight is 236 g/mol. The van der Waals surface area contributed by atoms with Crippen molar-refractivity contribution >= 4 is 5.97 Å². The second-order valence-corrected chi connectivity index (χ2v) is 6.15. The van der Waals surface area contributed by atoms with E-state index in [9.17, 15) is 4.79 Å². The number of fused-ring (bicyclic) bond motifs is 1. The standard InChI is InChI=1S/C15H24O2/c1-5-6-7-12(16)17-14-11-9-8-10(2)13(14)15(11,3)4/h8,11,13-14H,5-7,9H2,1-4H3/t11-,13+,14?/m0/s1. The SMILES string of the molecule is CCCCC(=O)OC1[C@H]2C(C)=CC[C@@H]1C2(C)C. The van der Waals surface area contributed by atoms with Gasteiger partial charge in [-0.1, -0.05) is 38.8 Å². The van der Waals surface area contributed by atoms with Crippen LogP contribution in [-0.4, -0.2) is 12.1 Å². The maximum atomic E-state index is 11.7. The Morgan fingerprint density at radius 2 is 2.24 bits per heavy atom. The van der Waals surface area contributed by atoms with Crippen LogP contribution in [0.15, 0.2) is 11.6 Å². The Bertz CT molecular complexity index is 341. The van der Waals surface area contributed by atoms with Crippen molar-refractivity contribution in [1.29, 1.82) is 0 Å². The second-order valence-electron chi connectivity index (χ2n) is 6.15. The largest absolute Gasteiger partial charge is 0.461 e. The molecule has 3 aliphatic rings. The monoisotopic (exact) mass is 236 g/mol. The highest BCUT2D eigenvalue weighted by Gasteiger charge is 2.60. The van der Waals surface area contributed by atoms with Crippen LogP contribution in [-0.2, 0) is 9.53 Å². The van der Waals surface area contributed by atoms with Crippen LogP contribution < -0.4 is 0 Å². The highest BCUT2D eigenvalue weighted by Crippen LogP contribution is 2.60. The molecular formula is C15H24O2. The van der Waals surface area contributed by atoms with Gasteiger partial charge in [-0.3, -0.25) is 4.79 Å². The quantitative estimate of drug-likeness (QED) is 0.549. The van der Waals surface area contributed by atoms with Gasteiger partial charge in [-0.2, -0.15) is 0 Å². The molecule has 0 N–H and O–H groups in total. The zero-order chi connectivity index (χ0) is 12.6. The number of unbranched alkanes of at least 4 members (excludes halogenated alkanes) is 1. The van der Waals surface area contributed by atoms with Crippen molar-refractivity contribution in [1.82, 2.24) is 0 Å². The Balaban J connectivity index is 1.97. The molecule has 96 valence electrons. The van der Waals surface area contributed by atoms with Crippen LogP contribution in [0.25, 0.3) is 0 Å². The summed E-state index contributed by atoms with van der Waals surface area (Å²) >= 11 is 0. The van der Waals surface area contributed by atoms with Crippen LogP contribution in [0.4, 0.5) is 0 Å². The Kier molecular flexibility index (Phi) is 3.33. The van der Waals surface area contributed by atoms with E-state index in [1.165, 1.54) is 5.57 Å². The summed E-state index contributed by atoms with van der Waals surface area (Å²) in [7, 11) is 0. The molecule has 2 heteroatoms. The summed E-state index contributed by atoms with van der Waals surface area (Å²) in [5.74, 6) is 0.977. The molecule has 17 heavy (non-hydrogen) atoms. The van der Waals surface area contributed by atoms with E-state index in [-0.39, 0.29) is 12.1 Å². The lowest BCUT2D eigenvalue weighted by Crippen LogP contribution is -2.61. The fraction of sp³-hybridized carbons (Fsp3) is 0.800. The Hall–Kier alpha value is -0.790. The van der Waals surface area contributed by atoms with Gasteiger partial charge in [-0.05, 0) is 25.2 Å². The smallest absolute Gasteiger partial charge is 0.306 e. The van der Waals surface area contributed by atoms with Crippen molar-refractivity contribution in [3.05, 3.63) is 11.6 Å². The molecule has 1 saturated carbocycles. The molecule has 0 aliphatic heterocycles. The second kappa shape index (κ2) is 4.47. The first-order valence-corrected chi connectivity index (χ1v) is 6.84. The topological polar surface area (TPSA) is 26.3 Å². The highest BCUT2D eigenvalue weighted by atomic mass is 16.5. The van der Waals surface area contributed by atoms with Crippen molar-refractivity contribution in [2.75, 3.05) is 0 Å². The third kappa shape index (κ3) is 2.02. The lowest BCUT2D eigenvalue weighted by molar-refractivity contribution is -0.192. The maximum absolute atomic E-state index is 11.7. The summed E-state index contributed by atoms with van der Waals surface area (Å²) in [6.07, 6.45) is 6.11. The van der Waals surface area contributed by atoms with Crippen LogP contribution in [0.1, 0.15) is 53.4 Å². The average Bonchev–Trinajstić information content (AvgIpc) is 2.25. The van der Waals surface area contributed by atoms with E-state index in [1.54, 1.807) is 0 Å². The molecule has 0 amide bonds. The Morgan fingerprint density at radius 1 is 1.53 bits per heavy atom. The van der Waals surface area contributed by atoms with Crippen molar-refractivity contribution < 1.29 is 9.53 Å². The van der Waals surface area contributed by atoms with E-state index >= 15 is 0 Å². The summed E-state index contributed by atoms with van der Waals surface area (Å²) in [6.45, 7) is 8.88. The number of allylic oxidation sites excluding steroid dienone is 1. The molecule has 0 aromatic heterocycles. The van der Waals surface area contributed by atoms with Gasteiger partial charge in [0.15, 0.2) is 0 Å². The number of carbonyl (C=O) groups excluding carboxylic acids is 1. The number of hydrogen-bond donors (Lipinski definition) is 0. The molecule has 0 aromatic rings. The third-order valence-corrected chi connectivity index (χ3v) is 4.67. The molecule has 0 radical (unpaired) electrons. The highest BCUT2D eigenvalue weighted by molar-refractivity contribution is 5.69. The molecule has 0 aromatic carbocycles. The first-order valence-electron chi connectivity index (χ1n) is 6.84. The number of ether oxygens (including phenoxy) is 1. The van der Waals surface area contributed by atoms with E-state index in [1.807, 2.05) is 0 Å². The van der Waals surface area contributed by atoms with Crippen molar-refractivity contribution in [3.8, 4) is 0 Å². The predicted molar refractivity (Wildman–Crippen MR) is 68.5 cm³/mol. The zero-order valence-electron chi connectivity index (χ0n) is 11.5. The molecule has 0 heterocycles. The number of carbonyl (C=O) groups is 1. The summed E-state index contributed by atoms with van der Waals surface area (Å²) in [4.78, 5) is 11.7. The van der Waals surface area contributed by atoms with Gasteiger partial charge >= 0.3 is 5.97 Å². The summed E-state index contributed by atoms with van der Waals surface area (Å²) < 4.78 is 5.68. The Morgan fingerprint density at radius 3 is 2.76 bits per heavy atom. The first kappa shape index (κ1) is 12.7. The van der Waals surface area contributed by atoms with Crippen molar-refractivity contribution in [3.63, 3.8) is 0 Å². The summed E-state index contributed by atoms with van der Waals surface area (Å²) in [5.41, 5.74) is 1.72. The van der Waals surface area contributed by atoms with Gasteiger partial charge < -0.3 is 4.74 Å². The lowest BCUT2D eigenvalue weighted by atomic mass is 9.47. The molecule has 2 nitrogen and oxygen atoms in total. The minimum atomic E-state index is -0.00273. The number of esters is 1. The van der Waals surface area contributed by atoms with Crippen molar-refractivity contribution in [2.24, 2.45) is 17.3 Å². The molecule has 0 saturated heterocycles. The summed E-state index contributed by atoms with van der Waals surface area (Å²) in [6, 6.07) is 0. The summed E-state index contributed by atoms with van der Waals surface area (Å²) in [5, 5.41) is 0. The molecule has 3 rings (SSSR count). The van der Waals surface area contributed by atoms with Gasteiger partial charge in [0.2, 0.25) is 0 Å². The molecule has 2 bridgehead atoms. The lowest BCUT2D eigenvalue weighted by Gasteiger charge is -2.60. The van der Waals surface area contributed by atoms with Gasteiger partial charge in [-0.15, -0.1) is 0 Å². The van der Waals surface area contributed by atoms with Gasteiger partial charge in [0.25, 0.3) is 0 Å². The van der Waals surface area contributed by atoms with Gasteiger partial charge in [0.1, 0.15) is 6.10 Å². The maximum Gasteiger partial charge on any atom is 0.306 e. The zero-order valence-corrected chi connectivity index (χ0v) is 11.5. The molecule has 1 fully saturated rings. The van der Waals surface area contributed by atoms with E-state index in [0.29, 0.717) is 23.7 Å². The minimum Gasteiger partial charge on any atom is -0.461 e. The van der Waals surface area contributed by atoms with E-state index in [4.69, 9.17) is 4.74 Å². The number of hydrogen-bond acceptors (Lipinski definition) is 2. The normalized spacial score (nSPS) is 33.6. The molecule has 1 unspecified atom stereocenters. The predicted octanol–water partition coefficient (Wildman–Crippen LogP) is 3.71. The van der Waals surface area contributed by atoms with E-state index in [2.05, 4.69) is 33.8 Å². The minimum absolute atomic E-state index is 0.00273. The van der Waals surface area contributed by atoms with E-state index < -0.39 is 0 Å². The molecular weight excluding hydrogens is 212 g/mol. The van der Waals surface area contributed by atoms with Gasteiger partial charge in [0.05, 0.1) is 0 Å². The van der Waals surface area contributed by atoms with Crippen LogP contribution in [0.2, 0.25) is 0 Å². The molecule has 3 aliphatic carbocycles. The fourth-order valence-corrected chi connectivity index (χ4v) is 3.60. The van der Waals surface area contributed by atoms with Crippen LogP contribution in [0.5, 0.6) is 0 Å².